The normalized spacial score (nSPS) is 22.8. The molecule has 1 fully saturated rings. The summed E-state index contributed by atoms with van der Waals surface area (Å²) in [5.41, 5.74) is 0.653. The molecule has 0 spiro atoms. The predicted molar refractivity (Wildman–Crippen MR) is 108 cm³/mol. The Labute approximate surface area is 169 Å². The van der Waals surface area contributed by atoms with Crippen LogP contribution in [-0.4, -0.2) is 26.3 Å². The van der Waals surface area contributed by atoms with E-state index >= 15 is 0 Å². The predicted octanol–water partition coefficient (Wildman–Crippen LogP) is 3.43. The molecule has 152 valence electrons. The van der Waals surface area contributed by atoms with E-state index in [1.54, 1.807) is 32.1 Å². The van der Waals surface area contributed by atoms with E-state index in [1.165, 1.54) is 12.1 Å². The van der Waals surface area contributed by atoms with Gasteiger partial charge in [0, 0.05) is 23.6 Å². The maximum atomic E-state index is 12.2. The van der Waals surface area contributed by atoms with Crippen molar-refractivity contribution in [3.05, 3.63) is 59.2 Å². The van der Waals surface area contributed by atoms with Crippen LogP contribution in [0.4, 0.5) is 0 Å². The minimum Gasteiger partial charge on any atom is -0.461 e. The molecule has 1 aromatic heterocycles. The largest absolute Gasteiger partial charge is 0.461 e. The summed E-state index contributed by atoms with van der Waals surface area (Å²) in [7, 11) is -3.59. The Kier molecular flexibility index (Phi) is 4.92. The zero-order chi connectivity index (χ0) is 20.8. The van der Waals surface area contributed by atoms with Gasteiger partial charge in [-0.15, -0.1) is 0 Å². The van der Waals surface area contributed by atoms with Crippen molar-refractivity contribution in [1.82, 2.24) is 4.72 Å². The Hall–Kier alpha value is -2.71. The second kappa shape index (κ2) is 7.27. The quantitative estimate of drug-likeness (QED) is 0.577. The van der Waals surface area contributed by atoms with Crippen molar-refractivity contribution in [2.75, 3.05) is 0 Å². The molecule has 8 heteroatoms. The van der Waals surface area contributed by atoms with Gasteiger partial charge in [-0.2, -0.15) is 0 Å². The second-order valence-corrected chi connectivity index (χ2v) is 9.41. The van der Waals surface area contributed by atoms with E-state index < -0.39 is 16.0 Å². The molecule has 1 aliphatic heterocycles. The van der Waals surface area contributed by atoms with Gasteiger partial charge in [0.1, 0.15) is 11.5 Å². The third-order valence-electron chi connectivity index (χ3n) is 4.82. The summed E-state index contributed by atoms with van der Waals surface area (Å²) < 4.78 is 38.0. The maximum Gasteiger partial charge on any atom is 0.363 e. The lowest BCUT2D eigenvalue weighted by molar-refractivity contribution is -0.129. The number of carbonyl (C=O) groups is 1. The average Bonchev–Trinajstić information content (AvgIpc) is 3.04. The van der Waals surface area contributed by atoms with Gasteiger partial charge in [0.15, 0.2) is 5.70 Å². The van der Waals surface area contributed by atoms with Gasteiger partial charge >= 0.3 is 5.97 Å². The molecule has 0 saturated heterocycles. The Morgan fingerprint density at radius 1 is 1.17 bits per heavy atom. The fraction of sp³-hybridized carbons (Fsp3) is 0.333. The average molecular weight is 414 g/mol. The van der Waals surface area contributed by atoms with Crippen molar-refractivity contribution in [3.63, 3.8) is 0 Å². The molecule has 1 aliphatic carbocycles. The fourth-order valence-corrected chi connectivity index (χ4v) is 4.44. The van der Waals surface area contributed by atoms with E-state index in [4.69, 9.17) is 9.15 Å². The molecule has 0 unspecified atom stereocenters. The van der Waals surface area contributed by atoms with Gasteiger partial charge < -0.3 is 9.15 Å². The van der Waals surface area contributed by atoms with Crippen molar-refractivity contribution in [3.8, 4) is 0 Å². The monoisotopic (exact) mass is 414 g/mol. The highest BCUT2D eigenvalue weighted by Crippen LogP contribution is 2.47. The molecule has 1 N–H and O–H groups in total. The molecule has 0 amide bonds. The lowest BCUT2D eigenvalue weighted by Crippen LogP contribution is -2.30. The number of sulfonamides is 1. The number of hydrogen-bond acceptors (Lipinski definition) is 6. The summed E-state index contributed by atoms with van der Waals surface area (Å²) in [5, 5.41) is 0. The molecule has 29 heavy (non-hydrogen) atoms. The first-order valence-corrected chi connectivity index (χ1v) is 11.0. The zero-order valence-electron chi connectivity index (χ0n) is 16.4. The molecule has 7 nitrogen and oxygen atoms in total. The summed E-state index contributed by atoms with van der Waals surface area (Å²) >= 11 is 0. The van der Waals surface area contributed by atoms with Gasteiger partial charge in [0.05, 0.1) is 4.90 Å². The van der Waals surface area contributed by atoms with E-state index in [0.717, 1.165) is 12.2 Å². The summed E-state index contributed by atoms with van der Waals surface area (Å²) in [4.78, 5) is 16.5. The highest BCUT2D eigenvalue weighted by molar-refractivity contribution is 7.89. The van der Waals surface area contributed by atoms with Crippen molar-refractivity contribution in [1.29, 1.82) is 0 Å². The first-order chi connectivity index (χ1) is 13.7. The summed E-state index contributed by atoms with van der Waals surface area (Å²) in [6.45, 7) is 5.67. The van der Waals surface area contributed by atoms with E-state index in [2.05, 4.69) is 16.6 Å². The van der Waals surface area contributed by atoms with Gasteiger partial charge in [0.2, 0.25) is 15.9 Å². The van der Waals surface area contributed by atoms with Crippen LogP contribution in [-0.2, 0) is 19.6 Å². The molecule has 0 bridgehead atoms. The highest BCUT2D eigenvalue weighted by atomic mass is 32.2. The number of nitrogens with zero attached hydrogens (tertiary/aromatic N) is 1. The number of benzene rings is 1. The molecule has 2 aliphatic rings. The number of nitrogens with one attached hydrogen (secondary N) is 1. The van der Waals surface area contributed by atoms with Crippen LogP contribution in [0.15, 0.2) is 56.4 Å². The van der Waals surface area contributed by atoms with Crippen LogP contribution in [0.2, 0.25) is 0 Å². The second-order valence-electron chi connectivity index (χ2n) is 7.70. The van der Waals surface area contributed by atoms with E-state index in [9.17, 15) is 13.2 Å². The Bertz CT molecular complexity index is 1110. The number of ether oxygens (including phenoxy) is 1. The van der Waals surface area contributed by atoms with E-state index in [1.807, 2.05) is 12.1 Å². The van der Waals surface area contributed by atoms with Crippen molar-refractivity contribution in [2.24, 2.45) is 10.9 Å². The smallest absolute Gasteiger partial charge is 0.363 e. The number of esters is 1. The number of furan rings is 1. The molecular formula is C21H22N2O5S. The van der Waals surface area contributed by atoms with Crippen LogP contribution in [0.25, 0.3) is 6.08 Å². The lowest BCUT2D eigenvalue weighted by atomic mass is 10.2. The third kappa shape index (κ3) is 4.18. The molecule has 2 aromatic rings. The van der Waals surface area contributed by atoms with E-state index in [-0.39, 0.29) is 22.5 Å². The van der Waals surface area contributed by atoms with Gasteiger partial charge in [-0.05, 0) is 62.6 Å². The summed E-state index contributed by atoms with van der Waals surface area (Å²) in [6.07, 6.45) is 2.67. The van der Waals surface area contributed by atoms with Crippen LogP contribution in [0.5, 0.6) is 0 Å². The standard InChI is InChI=1S/C21H22N2O5S/c1-12(2)23-29(25,26)16-7-4-14(5-8-16)20-22-18(21(24)28-20)11-15-6-9-19(27-15)17-10-13(17)3/h4-9,11-13,17,23H,10H2,1-3H3/b18-11+/t13-,17+/m0/s1. The topological polar surface area (TPSA) is 98.0 Å². The minimum atomic E-state index is -3.59. The number of hydrogen-bond donors (Lipinski definition) is 1. The molecule has 2 atom stereocenters. The van der Waals surface area contributed by atoms with Gasteiger partial charge in [0.25, 0.3) is 0 Å². The first kappa shape index (κ1) is 19.6. The summed E-state index contributed by atoms with van der Waals surface area (Å²) in [5.74, 6) is 2.12. The molecule has 1 saturated carbocycles. The van der Waals surface area contributed by atoms with Gasteiger partial charge in [-0.3, -0.25) is 0 Å². The zero-order valence-corrected chi connectivity index (χ0v) is 17.2. The van der Waals surface area contributed by atoms with Crippen LogP contribution in [0.1, 0.15) is 50.2 Å². The van der Waals surface area contributed by atoms with E-state index in [0.29, 0.717) is 23.2 Å². The fourth-order valence-electron chi connectivity index (χ4n) is 3.19. The Morgan fingerprint density at radius 3 is 2.48 bits per heavy atom. The van der Waals surface area contributed by atoms with Crippen molar-refractivity contribution >= 4 is 28.0 Å². The number of carbonyl (C=O) groups excluding carboxylic acids is 1. The third-order valence-corrected chi connectivity index (χ3v) is 6.50. The highest BCUT2D eigenvalue weighted by Gasteiger charge is 2.36. The number of rotatable bonds is 6. The lowest BCUT2D eigenvalue weighted by Gasteiger charge is -2.09. The van der Waals surface area contributed by atoms with Crippen LogP contribution >= 0.6 is 0 Å². The van der Waals surface area contributed by atoms with Crippen LogP contribution < -0.4 is 4.72 Å². The van der Waals surface area contributed by atoms with Gasteiger partial charge in [-0.25, -0.2) is 22.9 Å². The first-order valence-electron chi connectivity index (χ1n) is 9.48. The molecular weight excluding hydrogens is 392 g/mol. The number of aliphatic imine (C=N–C) groups is 1. The Morgan fingerprint density at radius 2 is 1.86 bits per heavy atom. The molecule has 2 heterocycles. The van der Waals surface area contributed by atoms with Crippen LogP contribution in [0, 0.1) is 5.92 Å². The van der Waals surface area contributed by atoms with Crippen molar-refractivity contribution < 1.29 is 22.4 Å². The Balaban J connectivity index is 1.53. The SMILES string of the molecule is CC(C)NS(=O)(=O)c1ccc(C2=N/C(=C/c3ccc([C@@H]4C[C@@H]4C)o3)C(=O)O2)cc1. The molecule has 0 radical (unpaired) electrons. The molecule has 1 aromatic carbocycles. The van der Waals surface area contributed by atoms with Crippen LogP contribution in [0.3, 0.4) is 0 Å². The summed E-state index contributed by atoms with van der Waals surface area (Å²) in [6, 6.07) is 9.55. The van der Waals surface area contributed by atoms with Gasteiger partial charge in [-0.1, -0.05) is 6.92 Å². The minimum absolute atomic E-state index is 0.129. The maximum absolute atomic E-state index is 12.2. The van der Waals surface area contributed by atoms with Crippen molar-refractivity contribution in [2.45, 2.75) is 44.0 Å². The molecule has 4 rings (SSSR count). The number of cyclic esters (lactones) is 1.